The van der Waals surface area contributed by atoms with Crippen molar-refractivity contribution in [2.24, 2.45) is 4.99 Å². The Labute approximate surface area is 182 Å². The van der Waals surface area contributed by atoms with Crippen LogP contribution in [0, 0.1) is 6.92 Å². The van der Waals surface area contributed by atoms with E-state index in [1.807, 2.05) is 27.0 Å². The van der Waals surface area contributed by atoms with Gasteiger partial charge in [-0.25, -0.2) is 4.98 Å². The van der Waals surface area contributed by atoms with Crippen molar-refractivity contribution in [1.82, 2.24) is 20.1 Å². The lowest BCUT2D eigenvalue weighted by Crippen LogP contribution is -2.46. The molecule has 9 heteroatoms. The summed E-state index contributed by atoms with van der Waals surface area (Å²) in [4.78, 5) is 13.6. The Bertz CT molecular complexity index is 815. The second-order valence-corrected chi connectivity index (χ2v) is 8.34. The Balaban J connectivity index is 1.63. The molecular formula is C21H33N5O3S. The zero-order valence-corrected chi connectivity index (χ0v) is 19.4. The number of guanidine groups is 1. The predicted molar refractivity (Wildman–Crippen MR) is 119 cm³/mol. The topological polar surface area (TPSA) is 75.4 Å². The molecule has 2 aromatic heterocycles. The third kappa shape index (κ3) is 5.81. The van der Waals surface area contributed by atoms with Gasteiger partial charge in [0.15, 0.2) is 5.96 Å². The Kier molecular flexibility index (Phi) is 8.26. The summed E-state index contributed by atoms with van der Waals surface area (Å²) in [7, 11) is 5.53. The van der Waals surface area contributed by atoms with Gasteiger partial charge >= 0.3 is 0 Å². The van der Waals surface area contributed by atoms with Crippen LogP contribution >= 0.6 is 11.3 Å². The average molecular weight is 436 g/mol. The quantitative estimate of drug-likeness (QED) is 0.505. The fraction of sp³-hybridized carbons (Fsp3) is 0.619. The highest BCUT2D eigenvalue weighted by Crippen LogP contribution is 2.24. The van der Waals surface area contributed by atoms with Crippen LogP contribution in [0.1, 0.15) is 41.3 Å². The second kappa shape index (κ2) is 10.9. The summed E-state index contributed by atoms with van der Waals surface area (Å²) in [6.07, 6.45) is 0.0116. The van der Waals surface area contributed by atoms with E-state index in [9.17, 15) is 0 Å². The molecule has 1 aliphatic rings. The monoisotopic (exact) mass is 435 g/mol. The number of aryl methyl sites for hydroxylation is 1. The number of thiazole rings is 1. The number of hydrogen-bond acceptors (Lipinski definition) is 7. The molecule has 8 nitrogen and oxygen atoms in total. The molecule has 0 amide bonds. The van der Waals surface area contributed by atoms with Crippen molar-refractivity contribution in [2.75, 3.05) is 54.1 Å². The van der Waals surface area contributed by atoms with Crippen molar-refractivity contribution >= 4 is 17.3 Å². The maximum absolute atomic E-state index is 5.96. The molecule has 0 aliphatic carbocycles. The minimum atomic E-state index is 0.0116. The van der Waals surface area contributed by atoms with Gasteiger partial charge in [0.1, 0.15) is 22.6 Å². The average Bonchev–Trinajstić information content (AvgIpc) is 3.40. The van der Waals surface area contributed by atoms with Crippen molar-refractivity contribution < 1.29 is 13.9 Å². The van der Waals surface area contributed by atoms with Crippen molar-refractivity contribution in [3.8, 4) is 0 Å². The van der Waals surface area contributed by atoms with E-state index in [1.54, 1.807) is 25.5 Å². The third-order valence-corrected chi connectivity index (χ3v) is 6.33. The summed E-state index contributed by atoms with van der Waals surface area (Å²) in [6, 6.07) is 4.21. The molecule has 0 saturated carbocycles. The molecule has 0 aromatic carbocycles. The summed E-state index contributed by atoms with van der Waals surface area (Å²) >= 11 is 1.63. The fourth-order valence-corrected chi connectivity index (χ4v) is 4.35. The molecule has 2 unspecified atom stereocenters. The van der Waals surface area contributed by atoms with Crippen LogP contribution in [0.25, 0.3) is 0 Å². The van der Waals surface area contributed by atoms with E-state index in [0.29, 0.717) is 13.1 Å². The summed E-state index contributed by atoms with van der Waals surface area (Å²) < 4.78 is 16.9. The fourth-order valence-electron chi connectivity index (χ4n) is 3.50. The molecule has 2 atom stereocenters. The van der Waals surface area contributed by atoms with Gasteiger partial charge < -0.3 is 24.1 Å². The normalized spacial score (nSPS) is 17.7. The van der Waals surface area contributed by atoms with Gasteiger partial charge in [0.05, 0.1) is 31.5 Å². The number of rotatable bonds is 8. The molecule has 1 fully saturated rings. The van der Waals surface area contributed by atoms with Crippen molar-refractivity contribution in [3.05, 3.63) is 39.7 Å². The molecule has 30 heavy (non-hydrogen) atoms. The number of ether oxygens (including phenoxy) is 2. The smallest absolute Gasteiger partial charge is 0.193 e. The Hall–Kier alpha value is -1.94. The van der Waals surface area contributed by atoms with Gasteiger partial charge in [0.25, 0.3) is 0 Å². The lowest BCUT2D eigenvalue weighted by atomic mass is 10.1. The summed E-state index contributed by atoms with van der Waals surface area (Å²) in [5.41, 5.74) is 1.01. The predicted octanol–water partition coefficient (Wildman–Crippen LogP) is 2.83. The molecule has 0 radical (unpaired) electrons. The summed E-state index contributed by atoms with van der Waals surface area (Å²) in [5, 5.41) is 6.59. The Morgan fingerprint density at radius 2 is 2.17 bits per heavy atom. The van der Waals surface area contributed by atoms with Crippen LogP contribution in [0.15, 0.2) is 26.9 Å². The van der Waals surface area contributed by atoms with Gasteiger partial charge in [0.2, 0.25) is 0 Å². The van der Waals surface area contributed by atoms with Crippen molar-refractivity contribution in [2.45, 2.75) is 32.5 Å². The Morgan fingerprint density at radius 1 is 1.40 bits per heavy atom. The number of nitrogens with one attached hydrogen (secondary N) is 1. The van der Waals surface area contributed by atoms with Crippen LogP contribution in [0.4, 0.5) is 0 Å². The van der Waals surface area contributed by atoms with Crippen molar-refractivity contribution in [3.63, 3.8) is 0 Å². The molecule has 0 bridgehead atoms. The van der Waals surface area contributed by atoms with E-state index in [-0.39, 0.29) is 12.1 Å². The minimum Gasteiger partial charge on any atom is -0.465 e. The molecule has 1 aliphatic heterocycles. The first-order valence-corrected chi connectivity index (χ1v) is 11.2. The SMILES string of the molecule is CN=C(NCC(c1ccc(C)o1)N1CCOCC1)N(C)Cc1csc(C(C)OC)n1. The zero-order chi connectivity index (χ0) is 21.5. The van der Waals surface area contributed by atoms with E-state index >= 15 is 0 Å². The minimum absolute atomic E-state index is 0.0116. The number of morpholine rings is 1. The van der Waals surface area contributed by atoms with Crippen LogP contribution < -0.4 is 5.32 Å². The van der Waals surface area contributed by atoms with Crippen LogP contribution in [0.3, 0.4) is 0 Å². The lowest BCUT2D eigenvalue weighted by molar-refractivity contribution is 0.0123. The molecule has 1 saturated heterocycles. The first-order chi connectivity index (χ1) is 14.5. The Morgan fingerprint density at radius 3 is 2.80 bits per heavy atom. The molecule has 1 N–H and O–H groups in total. The van der Waals surface area contributed by atoms with Crippen molar-refractivity contribution in [1.29, 1.82) is 0 Å². The van der Waals surface area contributed by atoms with Gasteiger partial charge in [-0.2, -0.15) is 0 Å². The van der Waals surface area contributed by atoms with Crippen LogP contribution in [0.5, 0.6) is 0 Å². The van der Waals surface area contributed by atoms with E-state index in [4.69, 9.17) is 13.9 Å². The highest BCUT2D eigenvalue weighted by molar-refractivity contribution is 7.09. The van der Waals surface area contributed by atoms with Crippen LogP contribution in [-0.2, 0) is 16.0 Å². The molecule has 3 rings (SSSR count). The summed E-state index contributed by atoms with van der Waals surface area (Å²) in [5.74, 6) is 2.72. The molecule has 166 valence electrons. The van der Waals surface area contributed by atoms with Gasteiger partial charge in [-0.1, -0.05) is 0 Å². The van der Waals surface area contributed by atoms with Gasteiger partial charge in [0, 0.05) is 46.2 Å². The second-order valence-electron chi connectivity index (χ2n) is 7.45. The molecule has 2 aromatic rings. The largest absolute Gasteiger partial charge is 0.465 e. The van der Waals surface area contributed by atoms with E-state index in [0.717, 1.165) is 54.5 Å². The first kappa shape index (κ1) is 22.7. The highest BCUT2D eigenvalue weighted by atomic mass is 32.1. The number of methoxy groups -OCH3 is 1. The first-order valence-electron chi connectivity index (χ1n) is 10.3. The maximum atomic E-state index is 5.96. The molecule has 0 spiro atoms. The van der Waals surface area contributed by atoms with E-state index < -0.39 is 0 Å². The number of furan rings is 1. The molecule has 3 heterocycles. The van der Waals surface area contributed by atoms with Gasteiger partial charge in [-0.3, -0.25) is 9.89 Å². The number of aliphatic imine (C=N–C) groups is 1. The van der Waals surface area contributed by atoms with Gasteiger partial charge in [-0.15, -0.1) is 11.3 Å². The standard InChI is InChI=1S/C21H33N5O3S/c1-15-6-7-19(29-15)18(26-8-10-28-11-9-26)12-23-21(22-3)25(4)13-17-14-30-20(24-17)16(2)27-5/h6-7,14,16,18H,8-13H2,1-5H3,(H,22,23). The highest BCUT2D eigenvalue weighted by Gasteiger charge is 2.26. The van der Waals surface area contributed by atoms with Gasteiger partial charge in [-0.05, 0) is 26.0 Å². The van der Waals surface area contributed by atoms with E-state index in [1.165, 1.54) is 0 Å². The van der Waals surface area contributed by atoms with E-state index in [2.05, 4.69) is 36.5 Å². The maximum Gasteiger partial charge on any atom is 0.193 e. The van der Waals surface area contributed by atoms with Crippen LogP contribution in [-0.4, -0.2) is 74.8 Å². The summed E-state index contributed by atoms with van der Waals surface area (Å²) in [6.45, 7) is 8.64. The number of hydrogen-bond donors (Lipinski definition) is 1. The van der Waals surface area contributed by atoms with Crippen LogP contribution in [0.2, 0.25) is 0 Å². The lowest BCUT2D eigenvalue weighted by Gasteiger charge is -2.34. The molecular weight excluding hydrogens is 402 g/mol. The number of aromatic nitrogens is 1. The third-order valence-electron chi connectivity index (χ3n) is 5.27. The zero-order valence-electron chi connectivity index (χ0n) is 18.6. The number of nitrogens with zero attached hydrogens (tertiary/aromatic N) is 4.